The summed E-state index contributed by atoms with van der Waals surface area (Å²) in [5.41, 5.74) is 9.97. The number of carbonyl (C=O) groups is 5. The Morgan fingerprint density at radius 2 is 1.62 bits per heavy atom. The van der Waals surface area contributed by atoms with Crippen LogP contribution in [0.25, 0.3) is 21.7 Å². The van der Waals surface area contributed by atoms with Crippen LogP contribution in [-0.2, 0) is 65.9 Å². The van der Waals surface area contributed by atoms with Gasteiger partial charge in [-0.3, -0.25) is 24.0 Å². The second-order valence-electron chi connectivity index (χ2n) is 20.9. The number of aromatic nitrogens is 3. The van der Waals surface area contributed by atoms with Crippen LogP contribution in [0.3, 0.4) is 0 Å². The number of benzene rings is 3. The summed E-state index contributed by atoms with van der Waals surface area (Å²) in [5, 5.41) is 32.4. The molecule has 0 spiro atoms. The van der Waals surface area contributed by atoms with Gasteiger partial charge in [-0.15, -0.1) is 11.3 Å². The smallest absolute Gasteiger partial charge is 0.251 e. The van der Waals surface area contributed by atoms with Crippen LogP contribution in [0, 0.1) is 19.3 Å². The molecule has 3 aliphatic rings. The maximum Gasteiger partial charge on any atom is 0.251 e. The molecule has 1 saturated heterocycles. The van der Waals surface area contributed by atoms with Crippen LogP contribution < -0.4 is 26.0 Å². The molecule has 5 aromatic rings. The van der Waals surface area contributed by atoms with Crippen molar-refractivity contribution in [1.82, 2.24) is 40.7 Å². The fourth-order valence-electron chi connectivity index (χ4n) is 9.92. The van der Waals surface area contributed by atoms with Crippen LogP contribution in [0.2, 0.25) is 0 Å². The Hall–Kier alpha value is -6.55. The molecule has 0 saturated carbocycles. The van der Waals surface area contributed by atoms with Crippen molar-refractivity contribution in [3.8, 4) is 27.4 Å². The summed E-state index contributed by atoms with van der Waals surface area (Å²) in [6.07, 6.45) is 5.55. The molecule has 0 bridgehead atoms. The van der Waals surface area contributed by atoms with E-state index in [2.05, 4.69) is 55.2 Å². The van der Waals surface area contributed by atoms with Crippen molar-refractivity contribution in [1.29, 1.82) is 0 Å². The molecule has 1 aliphatic carbocycles. The van der Waals surface area contributed by atoms with E-state index in [9.17, 15) is 34.2 Å². The van der Waals surface area contributed by atoms with Crippen molar-refractivity contribution >= 4 is 40.9 Å². The molecule has 77 heavy (non-hydrogen) atoms. The second kappa shape index (κ2) is 26.2. The summed E-state index contributed by atoms with van der Waals surface area (Å²) in [7, 11) is 0. The summed E-state index contributed by atoms with van der Waals surface area (Å²) in [6, 6.07) is 15.5. The molecule has 412 valence electrons. The van der Waals surface area contributed by atoms with Crippen LogP contribution in [0.5, 0.6) is 5.75 Å². The van der Waals surface area contributed by atoms with Gasteiger partial charge in [0, 0.05) is 56.3 Å². The van der Waals surface area contributed by atoms with Crippen LogP contribution in [0.4, 0.5) is 0 Å². The first-order chi connectivity index (χ1) is 37.1. The third kappa shape index (κ3) is 14.7. The first-order valence-electron chi connectivity index (χ1n) is 26.5. The number of aryl methyl sites for hydroxylation is 4. The number of thiazole rings is 1. The third-order valence-corrected chi connectivity index (χ3v) is 15.2. The van der Waals surface area contributed by atoms with Crippen molar-refractivity contribution in [3.63, 3.8) is 0 Å². The Bertz CT molecular complexity index is 2860. The molecular formula is C57H72N8O11S. The monoisotopic (exact) mass is 1080 g/mol. The molecule has 6 N–H and O–H groups in total. The minimum absolute atomic E-state index is 0.0391. The molecular weight excluding hydrogens is 1000 g/mol. The van der Waals surface area contributed by atoms with Crippen molar-refractivity contribution in [2.75, 3.05) is 59.3 Å². The largest absolute Gasteiger partial charge is 0.493 e. The van der Waals surface area contributed by atoms with Crippen LogP contribution in [0.15, 0.2) is 66.3 Å². The number of rotatable bonds is 25. The van der Waals surface area contributed by atoms with Crippen molar-refractivity contribution < 1.29 is 53.1 Å². The van der Waals surface area contributed by atoms with Crippen molar-refractivity contribution in [2.45, 2.75) is 117 Å². The highest BCUT2D eigenvalue weighted by Crippen LogP contribution is 2.36. The number of carbonyl (C=O) groups excluding carboxylic acids is 5. The summed E-state index contributed by atoms with van der Waals surface area (Å²) >= 11 is 1.56. The maximum absolute atomic E-state index is 14.0. The topological polar surface area (TPSA) is 245 Å². The summed E-state index contributed by atoms with van der Waals surface area (Å²) in [6.45, 7) is 10.8. The molecule has 5 amide bonds. The molecule has 4 atom stereocenters. The zero-order valence-corrected chi connectivity index (χ0v) is 45.5. The summed E-state index contributed by atoms with van der Waals surface area (Å²) < 4.78 is 24.8. The van der Waals surface area contributed by atoms with E-state index < -0.39 is 41.3 Å². The van der Waals surface area contributed by atoms with Crippen molar-refractivity contribution in [3.05, 3.63) is 111 Å². The van der Waals surface area contributed by atoms with E-state index in [1.165, 1.54) is 10.5 Å². The molecule has 20 heteroatoms. The fraction of sp³-hybridized carbons (Fsp3) is 0.491. The van der Waals surface area contributed by atoms with E-state index in [1.807, 2.05) is 58.9 Å². The number of amides is 5. The molecule has 0 unspecified atom stereocenters. The Balaban J connectivity index is 0.681. The van der Waals surface area contributed by atoms with Gasteiger partial charge >= 0.3 is 0 Å². The standard InChI is InChI=1S/C57H72N8O11S/c1-35-42(31-66)24-41(54(70)62-45-16-15-38-13-14-40(25-44(38)45)46-30-64-18-6-8-49(64)61-46)26-48(35)76-19-7-17-58-50(68)32-74-22-20-73-21-23-75-33-51(69)63-53(57(3,4)5)56(72)65-29-43(67)27-47(65)55(71)59-28-37-9-11-39(12-10-37)52-36(2)60-34-77-52/h9-14,24-26,30,34,43,45,47,53,66-67H,6-8,15-23,27-29,31-33H2,1-5H3,(H,58,68)(H,59,71)(H,62,70)(H,63,69)/t43-,45-,47+,53-/m1/s1. The average molecular weight is 1080 g/mol. The Morgan fingerprint density at radius 3 is 2.34 bits per heavy atom. The van der Waals surface area contributed by atoms with E-state index in [-0.39, 0.29) is 90.2 Å². The first kappa shape index (κ1) is 56.6. The average Bonchev–Trinajstić information content (AvgIpc) is 4.29. The number of hydrogen-bond acceptors (Lipinski definition) is 14. The summed E-state index contributed by atoms with van der Waals surface area (Å²) in [4.78, 5) is 78.1. The van der Waals surface area contributed by atoms with Gasteiger partial charge in [0.1, 0.15) is 36.9 Å². The molecule has 19 nitrogen and oxygen atoms in total. The lowest BCUT2D eigenvalue weighted by molar-refractivity contribution is -0.144. The molecule has 2 aliphatic heterocycles. The lowest BCUT2D eigenvalue weighted by atomic mass is 9.85. The van der Waals surface area contributed by atoms with Crippen LogP contribution in [0.1, 0.15) is 102 Å². The lowest BCUT2D eigenvalue weighted by Crippen LogP contribution is -2.58. The molecule has 4 heterocycles. The normalized spacial score (nSPS) is 17.2. The highest BCUT2D eigenvalue weighted by atomic mass is 32.1. The minimum atomic E-state index is -0.999. The van der Waals surface area contributed by atoms with Gasteiger partial charge < -0.3 is 59.9 Å². The van der Waals surface area contributed by atoms with Gasteiger partial charge in [0.05, 0.1) is 73.6 Å². The molecule has 3 aromatic carbocycles. The Morgan fingerprint density at radius 1 is 0.883 bits per heavy atom. The molecule has 2 aromatic heterocycles. The number of aliphatic hydroxyl groups excluding tert-OH is 2. The van der Waals surface area contributed by atoms with E-state index in [1.54, 1.807) is 29.0 Å². The quantitative estimate of drug-likeness (QED) is 0.0427. The third-order valence-electron chi connectivity index (χ3n) is 14.2. The number of nitrogens with one attached hydrogen (secondary N) is 4. The van der Waals surface area contributed by atoms with E-state index in [0.29, 0.717) is 29.8 Å². The zero-order valence-electron chi connectivity index (χ0n) is 44.7. The lowest BCUT2D eigenvalue weighted by Gasteiger charge is -2.35. The number of imidazole rings is 1. The number of hydrogen-bond donors (Lipinski definition) is 6. The summed E-state index contributed by atoms with van der Waals surface area (Å²) in [5.74, 6) is -0.339. The van der Waals surface area contributed by atoms with Gasteiger partial charge in [-0.05, 0) is 96.5 Å². The number of fused-ring (bicyclic) bond motifs is 2. The van der Waals surface area contributed by atoms with Gasteiger partial charge in [0.15, 0.2) is 0 Å². The maximum atomic E-state index is 14.0. The van der Waals surface area contributed by atoms with E-state index in [4.69, 9.17) is 23.9 Å². The second-order valence-corrected chi connectivity index (χ2v) is 21.8. The van der Waals surface area contributed by atoms with Crippen molar-refractivity contribution in [2.24, 2.45) is 5.41 Å². The minimum Gasteiger partial charge on any atom is -0.493 e. The van der Waals surface area contributed by atoms with E-state index >= 15 is 0 Å². The SMILES string of the molecule is Cc1ncsc1-c1ccc(CNC(=O)[C@@H]2C[C@@H](O)CN2C(=O)[C@@H](NC(=O)COCCOCCOCC(=O)NCCCOc2cc(C(=O)N[C@@H]3CCc4ccc(-c5cn6c(n5)CCC6)cc43)cc(CO)c2C)C(C)(C)C)cc1. The van der Waals surface area contributed by atoms with Gasteiger partial charge in [-0.1, -0.05) is 57.2 Å². The molecule has 8 rings (SSSR count). The predicted molar refractivity (Wildman–Crippen MR) is 289 cm³/mol. The Kier molecular flexibility index (Phi) is 19.3. The number of aliphatic hydroxyl groups is 2. The Labute approximate surface area is 453 Å². The molecule has 1 fully saturated rings. The van der Waals surface area contributed by atoms with Crippen LogP contribution >= 0.6 is 11.3 Å². The number of β-amino-alcohol motifs (C(OH)–C–C–N with tert-alkyl or cyclic N) is 1. The van der Waals surface area contributed by atoms with E-state index in [0.717, 1.165) is 82.1 Å². The van der Waals surface area contributed by atoms with Gasteiger partial charge in [0.25, 0.3) is 5.91 Å². The number of ether oxygens (including phenoxy) is 4. The zero-order chi connectivity index (χ0) is 54.6. The first-order valence-corrected chi connectivity index (χ1v) is 27.4. The highest BCUT2D eigenvalue weighted by Gasteiger charge is 2.44. The number of nitrogens with zero attached hydrogens (tertiary/aromatic N) is 4. The molecule has 0 radical (unpaired) electrons. The number of likely N-dealkylation sites (tertiary alicyclic amines) is 1. The van der Waals surface area contributed by atoms with Gasteiger partial charge in [0.2, 0.25) is 23.6 Å². The van der Waals surface area contributed by atoms with Crippen LogP contribution in [-0.4, -0.2) is 137 Å². The predicted octanol–water partition coefficient (Wildman–Crippen LogP) is 4.89. The van der Waals surface area contributed by atoms with Gasteiger partial charge in [-0.2, -0.15) is 0 Å². The highest BCUT2D eigenvalue weighted by molar-refractivity contribution is 7.13. The fourth-order valence-corrected chi connectivity index (χ4v) is 10.7. The van der Waals surface area contributed by atoms with Gasteiger partial charge in [-0.25, -0.2) is 9.97 Å².